The molecule has 0 spiro atoms. The van der Waals surface area contributed by atoms with Gasteiger partial charge < -0.3 is 14.2 Å². The van der Waals surface area contributed by atoms with Crippen LogP contribution in [0.15, 0.2) is 23.4 Å². The van der Waals surface area contributed by atoms with Gasteiger partial charge >= 0.3 is 0 Å². The number of ether oxygens (including phenoxy) is 3. The first-order chi connectivity index (χ1) is 6.31. The molecule has 1 aliphatic carbocycles. The summed E-state index contributed by atoms with van der Waals surface area (Å²) >= 11 is 1.85. The maximum absolute atomic E-state index is 5.29. The van der Waals surface area contributed by atoms with E-state index in [9.17, 15) is 0 Å². The van der Waals surface area contributed by atoms with Crippen LogP contribution in [0.5, 0.6) is 0 Å². The third-order valence-corrected chi connectivity index (χ3v) is 3.40. The highest BCUT2D eigenvalue weighted by Crippen LogP contribution is 2.52. The van der Waals surface area contributed by atoms with Crippen LogP contribution in [0.1, 0.15) is 0 Å². The van der Waals surface area contributed by atoms with E-state index < -0.39 is 0 Å². The quantitative estimate of drug-likeness (QED) is 0.646. The molecule has 0 N–H and O–H groups in total. The van der Waals surface area contributed by atoms with Crippen LogP contribution in [0.2, 0.25) is 0 Å². The predicted molar refractivity (Wildman–Crippen MR) is 51.3 cm³/mol. The fraction of sp³-hybridized carbons (Fsp3) is 0.556. The molecule has 3 nitrogen and oxygen atoms in total. The van der Waals surface area contributed by atoms with Gasteiger partial charge in [0.25, 0.3) is 0 Å². The maximum Gasteiger partial charge on any atom is 0.199 e. The number of methoxy groups -OCH3 is 3. The minimum atomic E-state index is 0.443. The molecule has 72 valence electrons. The van der Waals surface area contributed by atoms with Crippen LogP contribution >= 0.6 is 11.8 Å². The van der Waals surface area contributed by atoms with Crippen molar-refractivity contribution < 1.29 is 14.2 Å². The Kier molecular flexibility index (Phi) is 2.15. The molecule has 1 fully saturated rings. The highest BCUT2D eigenvalue weighted by molar-refractivity contribution is 8.08. The Bertz CT molecular complexity index is 283. The predicted octanol–water partition coefficient (Wildman–Crippen LogP) is 1.52. The summed E-state index contributed by atoms with van der Waals surface area (Å²) in [4.78, 5) is 0. The largest absolute Gasteiger partial charge is 0.496 e. The summed E-state index contributed by atoms with van der Waals surface area (Å²) in [5, 5.41) is 0.961. The normalized spacial score (nSPS) is 30.5. The Labute approximate surface area is 81.7 Å². The molecular formula is C9H12O3S. The van der Waals surface area contributed by atoms with E-state index in [2.05, 4.69) is 6.08 Å². The van der Waals surface area contributed by atoms with Crippen LogP contribution in [0.3, 0.4) is 0 Å². The van der Waals surface area contributed by atoms with Crippen molar-refractivity contribution in [2.24, 2.45) is 0 Å². The molecule has 0 bridgehead atoms. The zero-order valence-corrected chi connectivity index (χ0v) is 8.68. The van der Waals surface area contributed by atoms with Crippen LogP contribution < -0.4 is 0 Å². The lowest BCUT2D eigenvalue weighted by molar-refractivity contribution is 0.179. The molecule has 2 aliphatic rings. The summed E-state index contributed by atoms with van der Waals surface area (Å²) < 4.78 is 15.7. The summed E-state index contributed by atoms with van der Waals surface area (Å²) in [6.45, 7) is 0. The van der Waals surface area contributed by atoms with Crippen molar-refractivity contribution in [3.63, 3.8) is 0 Å². The van der Waals surface area contributed by atoms with Gasteiger partial charge in [-0.3, -0.25) is 0 Å². The molecule has 1 heterocycles. The number of thioether (sulfide) groups is 1. The summed E-state index contributed by atoms with van der Waals surface area (Å²) in [5.74, 6) is 2.42. The Balaban J connectivity index is 2.34. The van der Waals surface area contributed by atoms with E-state index in [1.807, 2.05) is 11.8 Å². The Morgan fingerprint density at radius 1 is 1.15 bits per heavy atom. The van der Waals surface area contributed by atoms with E-state index in [1.165, 1.54) is 0 Å². The highest BCUT2D eigenvalue weighted by Gasteiger charge is 2.47. The van der Waals surface area contributed by atoms with Gasteiger partial charge in [0, 0.05) is 5.25 Å². The zero-order chi connectivity index (χ0) is 9.42. The molecule has 2 atom stereocenters. The Morgan fingerprint density at radius 2 is 1.92 bits per heavy atom. The van der Waals surface area contributed by atoms with Crippen LogP contribution in [0.25, 0.3) is 0 Å². The third kappa shape index (κ3) is 1.29. The second kappa shape index (κ2) is 3.18. The fourth-order valence-corrected chi connectivity index (χ4v) is 2.49. The van der Waals surface area contributed by atoms with Crippen molar-refractivity contribution in [3.05, 3.63) is 23.4 Å². The Hall–Kier alpha value is -0.770. The van der Waals surface area contributed by atoms with Gasteiger partial charge in [-0.25, -0.2) is 0 Å². The topological polar surface area (TPSA) is 27.7 Å². The lowest BCUT2D eigenvalue weighted by atomic mass is 10.1. The molecule has 1 saturated heterocycles. The van der Waals surface area contributed by atoms with Gasteiger partial charge in [0.2, 0.25) is 0 Å². The van der Waals surface area contributed by atoms with Gasteiger partial charge in [0.1, 0.15) is 0 Å². The highest BCUT2D eigenvalue weighted by atomic mass is 32.2. The molecule has 0 aromatic rings. The first kappa shape index (κ1) is 8.81. The van der Waals surface area contributed by atoms with Gasteiger partial charge in [-0.1, -0.05) is 0 Å². The molecule has 1 aliphatic heterocycles. The SMILES string of the molecule is COC1=CC2SC2C(OC)=C1OC. The van der Waals surface area contributed by atoms with Gasteiger partial charge in [-0.2, -0.15) is 0 Å². The molecule has 2 rings (SSSR count). The smallest absolute Gasteiger partial charge is 0.199 e. The standard InChI is InChI=1S/C9H12O3S/c1-10-5-4-6-9(13-6)8(12-3)7(5)11-2/h4,6,9H,1-3H3. The van der Waals surface area contributed by atoms with Crippen LogP contribution in [-0.2, 0) is 14.2 Å². The van der Waals surface area contributed by atoms with Crippen molar-refractivity contribution in [1.29, 1.82) is 0 Å². The van der Waals surface area contributed by atoms with Crippen LogP contribution in [0, 0.1) is 0 Å². The average molecular weight is 200 g/mol. The van der Waals surface area contributed by atoms with E-state index in [0.717, 1.165) is 17.3 Å². The minimum Gasteiger partial charge on any atom is -0.496 e. The molecule has 0 aromatic heterocycles. The molecule has 13 heavy (non-hydrogen) atoms. The fourth-order valence-electron chi connectivity index (χ4n) is 1.51. The second-order valence-electron chi connectivity index (χ2n) is 2.86. The second-order valence-corrected chi connectivity index (χ2v) is 4.18. The first-order valence-electron chi connectivity index (χ1n) is 4.05. The minimum absolute atomic E-state index is 0.443. The van der Waals surface area contributed by atoms with Crippen LogP contribution in [-0.4, -0.2) is 31.8 Å². The number of fused-ring (bicyclic) bond motifs is 1. The van der Waals surface area contributed by atoms with E-state index in [4.69, 9.17) is 14.2 Å². The monoisotopic (exact) mass is 200 g/mol. The van der Waals surface area contributed by atoms with Gasteiger partial charge in [-0.05, 0) is 6.08 Å². The van der Waals surface area contributed by atoms with E-state index in [-0.39, 0.29) is 0 Å². The molecule has 2 unspecified atom stereocenters. The summed E-state index contributed by atoms with van der Waals surface area (Å²) in [6.07, 6.45) is 2.08. The van der Waals surface area contributed by atoms with Crippen molar-refractivity contribution >= 4 is 11.8 Å². The average Bonchev–Trinajstić information content (AvgIpc) is 2.92. The maximum atomic E-state index is 5.29. The number of hydrogen-bond acceptors (Lipinski definition) is 4. The molecule has 0 amide bonds. The zero-order valence-electron chi connectivity index (χ0n) is 7.87. The van der Waals surface area contributed by atoms with Crippen molar-refractivity contribution in [3.8, 4) is 0 Å². The molecule has 0 aromatic carbocycles. The first-order valence-corrected chi connectivity index (χ1v) is 5.00. The summed E-state index contributed by atoms with van der Waals surface area (Å²) in [6, 6.07) is 0. The molecule has 4 heteroatoms. The van der Waals surface area contributed by atoms with E-state index >= 15 is 0 Å². The molecule has 0 radical (unpaired) electrons. The molecular weight excluding hydrogens is 188 g/mol. The lowest BCUT2D eigenvalue weighted by Crippen LogP contribution is -2.13. The van der Waals surface area contributed by atoms with Gasteiger partial charge in [0.05, 0.1) is 26.6 Å². The summed E-state index contributed by atoms with van der Waals surface area (Å²) in [7, 11) is 4.95. The number of hydrogen-bond donors (Lipinski definition) is 0. The van der Waals surface area contributed by atoms with E-state index in [1.54, 1.807) is 21.3 Å². The van der Waals surface area contributed by atoms with E-state index in [0.29, 0.717) is 10.5 Å². The Morgan fingerprint density at radius 3 is 2.46 bits per heavy atom. The third-order valence-electron chi connectivity index (χ3n) is 2.19. The van der Waals surface area contributed by atoms with Gasteiger partial charge in [0.15, 0.2) is 17.3 Å². The van der Waals surface area contributed by atoms with Crippen LogP contribution in [0.4, 0.5) is 0 Å². The van der Waals surface area contributed by atoms with Crippen molar-refractivity contribution in [2.45, 2.75) is 10.5 Å². The number of rotatable bonds is 3. The molecule has 0 saturated carbocycles. The van der Waals surface area contributed by atoms with Crippen molar-refractivity contribution in [1.82, 2.24) is 0 Å². The lowest BCUT2D eigenvalue weighted by Gasteiger charge is -2.17. The van der Waals surface area contributed by atoms with Gasteiger partial charge in [-0.15, -0.1) is 11.8 Å². The summed E-state index contributed by atoms with van der Waals surface area (Å²) in [5.41, 5.74) is 0. The van der Waals surface area contributed by atoms with Crippen molar-refractivity contribution in [2.75, 3.05) is 21.3 Å².